The molecule has 1 amide bonds. The minimum Gasteiger partial charge on any atom is -0.380 e. The Kier molecular flexibility index (Phi) is 6.37. The summed E-state index contributed by atoms with van der Waals surface area (Å²) in [7, 11) is 5.76. The average molecular weight is 292 g/mol. The Labute approximate surface area is 128 Å². The molecule has 1 N–H and O–H groups in total. The molecule has 0 saturated heterocycles. The van der Waals surface area contributed by atoms with Gasteiger partial charge in [-0.05, 0) is 43.6 Å². The van der Waals surface area contributed by atoms with Gasteiger partial charge in [-0.15, -0.1) is 0 Å². The van der Waals surface area contributed by atoms with E-state index in [1.807, 2.05) is 39.2 Å². The van der Waals surface area contributed by atoms with Crippen molar-refractivity contribution in [3.05, 3.63) is 34.9 Å². The van der Waals surface area contributed by atoms with Crippen LogP contribution in [0.1, 0.15) is 35.3 Å². The van der Waals surface area contributed by atoms with E-state index in [9.17, 15) is 4.79 Å². The molecule has 0 aliphatic rings. The zero-order valence-corrected chi connectivity index (χ0v) is 14.1. The number of aryl methyl sites for hydroxylation is 1. The molecular formula is C17H28N2O2. The van der Waals surface area contributed by atoms with Gasteiger partial charge in [0.25, 0.3) is 5.91 Å². The lowest BCUT2D eigenvalue weighted by Gasteiger charge is -2.28. The molecule has 0 unspecified atom stereocenters. The summed E-state index contributed by atoms with van der Waals surface area (Å²) in [6.45, 7) is 8.42. The van der Waals surface area contributed by atoms with E-state index >= 15 is 0 Å². The first-order valence-electron chi connectivity index (χ1n) is 7.26. The summed E-state index contributed by atoms with van der Waals surface area (Å²) in [5.41, 5.74) is 2.84. The summed E-state index contributed by atoms with van der Waals surface area (Å²) in [5.74, 6) is -0.0108. The van der Waals surface area contributed by atoms with Crippen LogP contribution in [-0.4, -0.2) is 45.1 Å². The molecule has 1 aromatic rings. The fraction of sp³-hybridized carbons (Fsp3) is 0.588. The molecule has 0 bridgehead atoms. The summed E-state index contributed by atoms with van der Waals surface area (Å²) in [6.07, 6.45) is 0. The number of ether oxygens (including phenoxy) is 1. The van der Waals surface area contributed by atoms with Crippen LogP contribution in [0.4, 0.5) is 0 Å². The van der Waals surface area contributed by atoms with Gasteiger partial charge in [-0.2, -0.15) is 0 Å². The number of carbonyl (C=O) groups excluding carboxylic acids is 1. The molecule has 0 aromatic heterocycles. The maximum atomic E-state index is 12.3. The van der Waals surface area contributed by atoms with Gasteiger partial charge in [-0.3, -0.25) is 4.79 Å². The van der Waals surface area contributed by atoms with Crippen LogP contribution >= 0.6 is 0 Å². The molecule has 1 aromatic carbocycles. The molecule has 0 radical (unpaired) electrons. The quantitative estimate of drug-likeness (QED) is 0.839. The number of amides is 1. The van der Waals surface area contributed by atoms with Crippen LogP contribution in [0.25, 0.3) is 0 Å². The predicted molar refractivity (Wildman–Crippen MR) is 86.6 cm³/mol. The third-order valence-corrected chi connectivity index (χ3v) is 3.32. The topological polar surface area (TPSA) is 41.6 Å². The zero-order chi connectivity index (χ0) is 16.0. The Morgan fingerprint density at radius 3 is 2.52 bits per heavy atom. The van der Waals surface area contributed by atoms with Crippen molar-refractivity contribution in [2.75, 3.05) is 34.3 Å². The van der Waals surface area contributed by atoms with Crippen LogP contribution in [0.15, 0.2) is 18.2 Å². The van der Waals surface area contributed by atoms with Crippen LogP contribution in [0.5, 0.6) is 0 Å². The molecule has 0 fully saturated rings. The lowest BCUT2D eigenvalue weighted by Crippen LogP contribution is -2.40. The molecule has 4 nitrogen and oxygen atoms in total. The highest BCUT2D eigenvalue weighted by atomic mass is 16.5. The van der Waals surface area contributed by atoms with E-state index < -0.39 is 0 Å². The van der Waals surface area contributed by atoms with Crippen LogP contribution in [0.3, 0.4) is 0 Å². The number of hydrogen-bond acceptors (Lipinski definition) is 3. The van der Waals surface area contributed by atoms with E-state index in [0.29, 0.717) is 13.2 Å². The number of hydrogen-bond donors (Lipinski definition) is 1. The minimum atomic E-state index is -0.0108. The minimum absolute atomic E-state index is 0.0108. The predicted octanol–water partition coefficient (Wildman–Crippen LogP) is 2.46. The van der Waals surface area contributed by atoms with Crippen molar-refractivity contribution in [2.24, 2.45) is 5.41 Å². The van der Waals surface area contributed by atoms with Crippen molar-refractivity contribution in [1.29, 1.82) is 0 Å². The van der Waals surface area contributed by atoms with E-state index in [-0.39, 0.29) is 11.3 Å². The Morgan fingerprint density at radius 1 is 1.33 bits per heavy atom. The van der Waals surface area contributed by atoms with Crippen molar-refractivity contribution in [2.45, 2.75) is 27.4 Å². The molecule has 1 rings (SSSR count). The highest BCUT2D eigenvalue weighted by Crippen LogP contribution is 2.16. The fourth-order valence-corrected chi connectivity index (χ4v) is 2.56. The van der Waals surface area contributed by atoms with E-state index in [0.717, 1.165) is 23.2 Å². The van der Waals surface area contributed by atoms with Gasteiger partial charge in [0, 0.05) is 25.8 Å². The zero-order valence-electron chi connectivity index (χ0n) is 14.1. The standard InChI is InChI=1S/C17H28N2O2/c1-13-9-14(10-21-6)7-8-15(13)16(20)18-11-17(2,3)12-19(4)5/h7-9H,10-12H2,1-6H3,(H,18,20). The maximum Gasteiger partial charge on any atom is 0.251 e. The summed E-state index contributed by atoms with van der Waals surface area (Å²) < 4.78 is 5.11. The van der Waals surface area contributed by atoms with Crippen LogP contribution in [0.2, 0.25) is 0 Å². The Bertz CT molecular complexity index is 482. The van der Waals surface area contributed by atoms with Crippen LogP contribution in [0, 0.1) is 12.3 Å². The van der Waals surface area contributed by atoms with Gasteiger partial charge in [0.15, 0.2) is 0 Å². The van der Waals surface area contributed by atoms with Gasteiger partial charge in [-0.25, -0.2) is 0 Å². The lowest BCUT2D eigenvalue weighted by atomic mass is 9.92. The van der Waals surface area contributed by atoms with E-state index in [2.05, 4.69) is 24.1 Å². The molecular weight excluding hydrogens is 264 g/mol. The highest BCUT2D eigenvalue weighted by Gasteiger charge is 2.20. The molecule has 4 heteroatoms. The largest absolute Gasteiger partial charge is 0.380 e. The molecule has 0 aliphatic carbocycles. The third-order valence-electron chi connectivity index (χ3n) is 3.32. The molecule has 0 saturated carbocycles. The van der Waals surface area contributed by atoms with Gasteiger partial charge < -0.3 is 15.0 Å². The number of carbonyl (C=O) groups is 1. The van der Waals surface area contributed by atoms with Gasteiger partial charge >= 0.3 is 0 Å². The first kappa shape index (κ1) is 17.7. The van der Waals surface area contributed by atoms with E-state index in [4.69, 9.17) is 4.74 Å². The maximum absolute atomic E-state index is 12.3. The second-order valence-corrected chi connectivity index (χ2v) is 6.67. The number of benzene rings is 1. The second-order valence-electron chi connectivity index (χ2n) is 6.67. The van der Waals surface area contributed by atoms with Crippen molar-refractivity contribution in [3.63, 3.8) is 0 Å². The molecule has 0 aliphatic heterocycles. The van der Waals surface area contributed by atoms with Crippen molar-refractivity contribution >= 4 is 5.91 Å². The van der Waals surface area contributed by atoms with Gasteiger partial charge in [0.2, 0.25) is 0 Å². The van der Waals surface area contributed by atoms with Crippen molar-refractivity contribution < 1.29 is 9.53 Å². The van der Waals surface area contributed by atoms with E-state index in [1.165, 1.54) is 0 Å². The van der Waals surface area contributed by atoms with Gasteiger partial charge in [-0.1, -0.05) is 26.0 Å². The van der Waals surface area contributed by atoms with E-state index in [1.54, 1.807) is 7.11 Å². The Morgan fingerprint density at radius 2 is 2.00 bits per heavy atom. The smallest absolute Gasteiger partial charge is 0.251 e. The average Bonchev–Trinajstić information content (AvgIpc) is 2.35. The second kappa shape index (κ2) is 7.57. The molecule has 118 valence electrons. The first-order chi connectivity index (χ1) is 9.75. The SMILES string of the molecule is COCc1ccc(C(=O)NCC(C)(C)CN(C)C)c(C)c1. The molecule has 0 heterocycles. The summed E-state index contributed by atoms with van der Waals surface area (Å²) >= 11 is 0. The Hall–Kier alpha value is -1.39. The summed E-state index contributed by atoms with van der Waals surface area (Å²) in [6, 6.07) is 5.82. The summed E-state index contributed by atoms with van der Waals surface area (Å²) in [5, 5.41) is 3.04. The monoisotopic (exact) mass is 292 g/mol. The molecule has 0 atom stereocenters. The van der Waals surface area contributed by atoms with Crippen LogP contribution < -0.4 is 5.32 Å². The molecule has 21 heavy (non-hydrogen) atoms. The number of nitrogens with one attached hydrogen (secondary N) is 1. The lowest BCUT2D eigenvalue weighted by molar-refractivity contribution is 0.0928. The first-order valence-corrected chi connectivity index (χ1v) is 7.26. The highest BCUT2D eigenvalue weighted by molar-refractivity contribution is 5.95. The Balaban J connectivity index is 2.68. The van der Waals surface area contributed by atoms with Crippen molar-refractivity contribution in [1.82, 2.24) is 10.2 Å². The van der Waals surface area contributed by atoms with Crippen molar-refractivity contribution in [3.8, 4) is 0 Å². The fourth-order valence-electron chi connectivity index (χ4n) is 2.56. The number of rotatable bonds is 7. The molecule has 0 spiro atoms. The number of nitrogens with zero attached hydrogens (tertiary/aromatic N) is 1. The van der Waals surface area contributed by atoms with Crippen LogP contribution in [-0.2, 0) is 11.3 Å². The summed E-state index contributed by atoms with van der Waals surface area (Å²) in [4.78, 5) is 14.4. The van der Waals surface area contributed by atoms with Gasteiger partial charge in [0.05, 0.1) is 6.61 Å². The normalized spacial score (nSPS) is 11.8. The third kappa shape index (κ3) is 5.86. The number of methoxy groups -OCH3 is 1. The van der Waals surface area contributed by atoms with Gasteiger partial charge in [0.1, 0.15) is 0 Å².